The minimum Gasteiger partial charge on any atom is -0.466 e. The molecule has 0 aliphatic heterocycles. The fourth-order valence-electron chi connectivity index (χ4n) is 1.76. The maximum atomic E-state index is 12.3. The van der Waals surface area contributed by atoms with Gasteiger partial charge in [-0.15, -0.1) is 11.3 Å². The van der Waals surface area contributed by atoms with Crippen molar-refractivity contribution in [1.82, 2.24) is 4.98 Å². The first-order valence-electron chi connectivity index (χ1n) is 5.46. The molecule has 2 rings (SSSR count). The number of rotatable bonds is 3. The van der Waals surface area contributed by atoms with Crippen molar-refractivity contribution < 1.29 is 9.21 Å². The Labute approximate surface area is 109 Å². The standard InChI is InChI=1S/C13H12N2O2S/c1-7-6-18-13(15-7)11(5-14)12(16)10-4-8(2)17-9(10)3/h4,6,11H,1-3H3. The van der Waals surface area contributed by atoms with Gasteiger partial charge in [-0.1, -0.05) is 0 Å². The van der Waals surface area contributed by atoms with Crippen LogP contribution in [0.15, 0.2) is 15.9 Å². The van der Waals surface area contributed by atoms with Gasteiger partial charge in [0.2, 0.25) is 0 Å². The highest BCUT2D eigenvalue weighted by Crippen LogP contribution is 2.26. The predicted molar refractivity (Wildman–Crippen MR) is 67.7 cm³/mol. The van der Waals surface area contributed by atoms with E-state index in [2.05, 4.69) is 4.98 Å². The highest BCUT2D eigenvalue weighted by atomic mass is 32.1. The largest absolute Gasteiger partial charge is 0.466 e. The lowest BCUT2D eigenvalue weighted by Crippen LogP contribution is -2.11. The molecular formula is C13H12N2O2S. The molecule has 4 nitrogen and oxygen atoms in total. The number of Topliss-reactive ketones (excluding diaryl/α,β-unsaturated/α-hetero) is 1. The Bertz CT molecular complexity index is 634. The van der Waals surface area contributed by atoms with E-state index in [1.54, 1.807) is 19.9 Å². The summed E-state index contributed by atoms with van der Waals surface area (Å²) in [5, 5.41) is 11.6. The Morgan fingerprint density at radius 2 is 2.22 bits per heavy atom. The molecule has 0 aliphatic rings. The van der Waals surface area contributed by atoms with E-state index in [4.69, 9.17) is 4.42 Å². The average Bonchev–Trinajstić information content (AvgIpc) is 2.86. The number of aromatic nitrogens is 1. The van der Waals surface area contributed by atoms with Crippen LogP contribution in [0.1, 0.15) is 38.5 Å². The maximum absolute atomic E-state index is 12.3. The second-order valence-electron chi connectivity index (χ2n) is 4.08. The molecule has 0 bridgehead atoms. The number of carbonyl (C=O) groups excluding carboxylic acids is 1. The normalized spacial score (nSPS) is 12.1. The lowest BCUT2D eigenvalue weighted by Gasteiger charge is -2.03. The molecule has 0 fully saturated rings. The zero-order chi connectivity index (χ0) is 13.3. The van der Waals surface area contributed by atoms with Gasteiger partial charge >= 0.3 is 0 Å². The van der Waals surface area contributed by atoms with Crippen LogP contribution < -0.4 is 0 Å². The zero-order valence-electron chi connectivity index (χ0n) is 10.4. The molecule has 2 aromatic rings. The lowest BCUT2D eigenvalue weighted by molar-refractivity contribution is 0.0977. The Morgan fingerprint density at radius 1 is 1.50 bits per heavy atom. The van der Waals surface area contributed by atoms with Crippen LogP contribution in [0.3, 0.4) is 0 Å². The fraction of sp³-hybridized carbons (Fsp3) is 0.308. The second-order valence-corrected chi connectivity index (χ2v) is 4.97. The predicted octanol–water partition coefficient (Wildman–Crippen LogP) is 3.15. The zero-order valence-corrected chi connectivity index (χ0v) is 11.2. The summed E-state index contributed by atoms with van der Waals surface area (Å²) < 4.78 is 5.32. The van der Waals surface area contributed by atoms with Crippen LogP contribution in [0.5, 0.6) is 0 Å². The van der Waals surface area contributed by atoms with Gasteiger partial charge in [0, 0.05) is 11.1 Å². The van der Waals surface area contributed by atoms with Crippen LogP contribution >= 0.6 is 11.3 Å². The van der Waals surface area contributed by atoms with Crippen LogP contribution in [-0.2, 0) is 0 Å². The molecule has 92 valence electrons. The third kappa shape index (κ3) is 2.20. The van der Waals surface area contributed by atoms with Crippen molar-refractivity contribution >= 4 is 17.1 Å². The first kappa shape index (κ1) is 12.5. The van der Waals surface area contributed by atoms with Crippen molar-refractivity contribution in [3.63, 3.8) is 0 Å². The summed E-state index contributed by atoms with van der Waals surface area (Å²) in [6.45, 7) is 5.34. The molecular weight excluding hydrogens is 248 g/mol. The Balaban J connectivity index is 2.38. The van der Waals surface area contributed by atoms with E-state index in [1.807, 2.05) is 18.4 Å². The summed E-state index contributed by atoms with van der Waals surface area (Å²) in [5.41, 5.74) is 1.29. The van der Waals surface area contributed by atoms with Crippen LogP contribution in [0.25, 0.3) is 0 Å². The smallest absolute Gasteiger partial charge is 0.190 e. The summed E-state index contributed by atoms with van der Waals surface area (Å²) in [6.07, 6.45) is 0. The molecule has 0 saturated heterocycles. The summed E-state index contributed by atoms with van der Waals surface area (Å²) >= 11 is 1.33. The minimum absolute atomic E-state index is 0.249. The molecule has 0 aliphatic carbocycles. The number of hydrogen-bond acceptors (Lipinski definition) is 5. The minimum atomic E-state index is -0.848. The van der Waals surface area contributed by atoms with Crippen LogP contribution in [0, 0.1) is 32.1 Å². The number of nitriles is 1. The topological polar surface area (TPSA) is 66.9 Å². The van der Waals surface area contributed by atoms with Crippen LogP contribution in [0.2, 0.25) is 0 Å². The van der Waals surface area contributed by atoms with Gasteiger partial charge in [-0.25, -0.2) is 4.98 Å². The van der Waals surface area contributed by atoms with E-state index in [0.29, 0.717) is 22.1 Å². The molecule has 0 amide bonds. The van der Waals surface area contributed by atoms with Gasteiger partial charge in [-0.3, -0.25) is 4.79 Å². The van der Waals surface area contributed by atoms with E-state index < -0.39 is 5.92 Å². The molecule has 18 heavy (non-hydrogen) atoms. The third-order valence-corrected chi connectivity index (χ3v) is 3.61. The molecule has 0 aromatic carbocycles. The Morgan fingerprint density at radius 3 is 2.67 bits per heavy atom. The fourth-order valence-corrected chi connectivity index (χ4v) is 2.60. The number of ketones is 1. The first-order valence-corrected chi connectivity index (χ1v) is 6.33. The third-order valence-electron chi connectivity index (χ3n) is 2.58. The van der Waals surface area contributed by atoms with Gasteiger partial charge in [-0.2, -0.15) is 5.26 Å². The summed E-state index contributed by atoms with van der Waals surface area (Å²) in [7, 11) is 0. The number of hydrogen-bond donors (Lipinski definition) is 0. The molecule has 0 spiro atoms. The van der Waals surface area contributed by atoms with Crippen molar-refractivity contribution in [3.8, 4) is 6.07 Å². The van der Waals surface area contributed by atoms with Crippen molar-refractivity contribution in [2.24, 2.45) is 0 Å². The van der Waals surface area contributed by atoms with Gasteiger partial charge in [0.1, 0.15) is 16.5 Å². The second kappa shape index (κ2) is 4.75. The van der Waals surface area contributed by atoms with E-state index in [-0.39, 0.29) is 5.78 Å². The molecule has 2 heterocycles. The Kier molecular flexibility index (Phi) is 3.30. The highest BCUT2D eigenvalue weighted by molar-refractivity contribution is 7.10. The molecule has 0 N–H and O–H groups in total. The monoisotopic (exact) mass is 260 g/mol. The number of nitrogens with zero attached hydrogens (tertiary/aromatic N) is 2. The number of thiazole rings is 1. The summed E-state index contributed by atoms with van der Waals surface area (Å²) in [6, 6.07) is 3.69. The van der Waals surface area contributed by atoms with Crippen molar-refractivity contribution in [1.29, 1.82) is 5.26 Å². The van der Waals surface area contributed by atoms with E-state index in [1.165, 1.54) is 11.3 Å². The molecule has 5 heteroatoms. The summed E-state index contributed by atoms with van der Waals surface area (Å²) in [4.78, 5) is 16.5. The quantitative estimate of drug-likeness (QED) is 0.795. The molecule has 2 aromatic heterocycles. The Hall–Kier alpha value is -1.93. The first-order chi connectivity index (χ1) is 8.52. The SMILES string of the molecule is Cc1csc(C(C#N)C(=O)c2cc(C)oc2C)n1. The van der Waals surface area contributed by atoms with E-state index in [0.717, 1.165) is 5.69 Å². The summed E-state index contributed by atoms with van der Waals surface area (Å²) in [5.74, 6) is 0.120. The van der Waals surface area contributed by atoms with E-state index in [9.17, 15) is 10.1 Å². The van der Waals surface area contributed by atoms with Crippen molar-refractivity contribution in [2.45, 2.75) is 26.7 Å². The van der Waals surface area contributed by atoms with Crippen LogP contribution in [0.4, 0.5) is 0 Å². The van der Waals surface area contributed by atoms with Gasteiger partial charge in [0.15, 0.2) is 11.7 Å². The number of aryl methyl sites for hydroxylation is 3. The van der Waals surface area contributed by atoms with Gasteiger partial charge < -0.3 is 4.42 Å². The van der Waals surface area contributed by atoms with Crippen molar-refractivity contribution in [2.75, 3.05) is 0 Å². The number of furan rings is 1. The highest BCUT2D eigenvalue weighted by Gasteiger charge is 2.27. The molecule has 0 radical (unpaired) electrons. The van der Waals surface area contributed by atoms with Crippen LogP contribution in [-0.4, -0.2) is 10.8 Å². The average molecular weight is 260 g/mol. The number of carbonyl (C=O) groups is 1. The van der Waals surface area contributed by atoms with E-state index >= 15 is 0 Å². The maximum Gasteiger partial charge on any atom is 0.190 e. The van der Waals surface area contributed by atoms with Crippen molar-refractivity contribution in [3.05, 3.63) is 39.2 Å². The van der Waals surface area contributed by atoms with Gasteiger partial charge in [0.05, 0.1) is 11.6 Å². The molecule has 0 saturated carbocycles. The lowest BCUT2D eigenvalue weighted by atomic mass is 10.00. The molecule has 1 unspecified atom stereocenters. The van der Waals surface area contributed by atoms with Gasteiger partial charge in [-0.05, 0) is 26.8 Å². The van der Waals surface area contributed by atoms with Gasteiger partial charge in [0.25, 0.3) is 0 Å². The molecule has 1 atom stereocenters.